The Kier molecular flexibility index (Phi) is 7.16. The maximum absolute atomic E-state index is 14.6. The zero-order chi connectivity index (χ0) is 33.9. The van der Waals surface area contributed by atoms with E-state index in [0.29, 0.717) is 22.3 Å². The first-order valence-electron chi connectivity index (χ1n) is 15.6. The van der Waals surface area contributed by atoms with Gasteiger partial charge in [-0.2, -0.15) is 18.2 Å². The van der Waals surface area contributed by atoms with Crippen LogP contribution in [-0.4, -0.2) is 49.3 Å². The third-order valence-electron chi connectivity index (χ3n) is 8.44. The molecule has 4 aromatic heterocycles. The normalized spacial score (nSPS) is 14.2. The molecular weight excluding hydrogens is 643 g/mol. The van der Waals surface area contributed by atoms with Gasteiger partial charge in [0, 0.05) is 53.9 Å². The highest BCUT2D eigenvalue weighted by molar-refractivity contribution is 7.90. The minimum absolute atomic E-state index is 0.0522. The van der Waals surface area contributed by atoms with Crippen LogP contribution in [0.2, 0.25) is 0 Å². The number of pyridine rings is 1. The molecule has 1 fully saturated rings. The molecule has 1 saturated carbocycles. The van der Waals surface area contributed by atoms with Crippen molar-refractivity contribution in [2.45, 2.75) is 31.8 Å². The summed E-state index contributed by atoms with van der Waals surface area (Å²) in [5, 5.41) is 12.7. The lowest BCUT2D eigenvalue weighted by Gasteiger charge is -2.23. The van der Waals surface area contributed by atoms with Gasteiger partial charge in [-0.15, -0.1) is 5.10 Å². The van der Waals surface area contributed by atoms with Gasteiger partial charge in [0.1, 0.15) is 5.56 Å². The average Bonchev–Trinajstić information content (AvgIpc) is 3.44. The number of nitrogens with one attached hydrogen (secondary N) is 3. The van der Waals surface area contributed by atoms with E-state index in [1.54, 1.807) is 40.8 Å². The standard InChI is InChI=1S/C35H29N9O4S/c1-21(38-34(45)30-32(39-43-18-6-17-36-33(30)43)41-49(47,48)40-25-14-15-25)31-27-16-13-23-11-12-24(10-9-22-19-37-42(2)20-22)29(28(23)27)35(46)44(31)26-7-4-3-5-8-26/h3-8,11-13,16-21,25,40H,14-15H2,1-2H3,(H,38,45)(H,39,41)/t21-/m0/s1. The molecule has 2 aromatic carbocycles. The average molecular weight is 672 g/mol. The van der Waals surface area contributed by atoms with Gasteiger partial charge >= 0.3 is 10.2 Å². The monoisotopic (exact) mass is 671 g/mol. The lowest BCUT2D eigenvalue weighted by atomic mass is 9.96. The van der Waals surface area contributed by atoms with E-state index in [1.807, 2.05) is 61.7 Å². The molecule has 0 aliphatic heterocycles. The van der Waals surface area contributed by atoms with Crippen molar-refractivity contribution >= 4 is 50.5 Å². The van der Waals surface area contributed by atoms with Gasteiger partial charge in [-0.05, 0) is 49.6 Å². The van der Waals surface area contributed by atoms with Crippen molar-refractivity contribution in [1.82, 2.24) is 39.0 Å². The zero-order valence-corrected chi connectivity index (χ0v) is 27.2. The number of nitrogens with zero attached hydrogens (tertiary/aromatic N) is 6. The van der Waals surface area contributed by atoms with E-state index < -0.39 is 22.2 Å². The largest absolute Gasteiger partial charge is 0.344 e. The van der Waals surface area contributed by atoms with Crippen molar-refractivity contribution < 1.29 is 13.2 Å². The Balaban J connectivity index is 1.25. The van der Waals surface area contributed by atoms with Crippen molar-refractivity contribution in [1.29, 1.82) is 0 Å². The van der Waals surface area contributed by atoms with Crippen LogP contribution in [0.15, 0.2) is 78.1 Å². The van der Waals surface area contributed by atoms with Crippen LogP contribution in [-0.2, 0) is 17.3 Å². The fourth-order valence-corrected chi connectivity index (χ4v) is 7.28. The number of carbonyl (C=O) groups excluding carboxylic acids is 1. The maximum atomic E-state index is 14.6. The second-order valence-corrected chi connectivity index (χ2v) is 13.5. The number of benzene rings is 2. The second kappa shape index (κ2) is 11.6. The summed E-state index contributed by atoms with van der Waals surface area (Å²) in [5.41, 5.74) is 3.89. The Labute approximate surface area is 280 Å². The summed E-state index contributed by atoms with van der Waals surface area (Å²) in [7, 11) is -2.20. The maximum Gasteiger partial charge on any atom is 0.300 e. The minimum atomic E-state index is -4.01. The SMILES string of the molecule is C[C@H](NC(=O)c1c(NS(=O)(=O)NC2CC2)nn2cccnc12)c1c2c3c(ccc(C#Cc4cnn(C)c4)c3c(=O)n1-c1ccccc1)C=C2. The number of hydrogen-bond donors (Lipinski definition) is 3. The summed E-state index contributed by atoms with van der Waals surface area (Å²) in [6.07, 6.45) is 11.9. The molecule has 0 unspecified atom stereocenters. The van der Waals surface area contributed by atoms with Crippen LogP contribution in [0.5, 0.6) is 0 Å². The van der Waals surface area contributed by atoms with Gasteiger partial charge in [0.25, 0.3) is 11.5 Å². The summed E-state index contributed by atoms with van der Waals surface area (Å²) >= 11 is 0. The van der Waals surface area contributed by atoms with Crippen LogP contribution in [0.4, 0.5) is 5.82 Å². The van der Waals surface area contributed by atoms with Crippen LogP contribution < -0.4 is 20.3 Å². The van der Waals surface area contributed by atoms with Gasteiger partial charge in [0.05, 0.1) is 28.9 Å². The van der Waals surface area contributed by atoms with Crippen LogP contribution in [0.25, 0.3) is 34.3 Å². The summed E-state index contributed by atoms with van der Waals surface area (Å²) in [6, 6.07) is 13.7. The summed E-state index contributed by atoms with van der Waals surface area (Å²) in [5.74, 6) is 5.52. The number of rotatable bonds is 8. The van der Waals surface area contributed by atoms with E-state index in [-0.39, 0.29) is 28.6 Å². The van der Waals surface area contributed by atoms with Crippen molar-refractivity contribution in [3.8, 4) is 17.5 Å². The number of aryl methyl sites for hydroxylation is 1. The Morgan fingerprint density at radius 3 is 2.61 bits per heavy atom. The molecule has 1 amide bonds. The van der Waals surface area contributed by atoms with E-state index in [2.05, 4.69) is 41.8 Å². The third kappa shape index (κ3) is 5.54. The zero-order valence-electron chi connectivity index (χ0n) is 26.4. The highest BCUT2D eigenvalue weighted by Crippen LogP contribution is 2.37. The lowest BCUT2D eigenvalue weighted by Crippen LogP contribution is -2.35. The Morgan fingerprint density at radius 2 is 1.86 bits per heavy atom. The first-order chi connectivity index (χ1) is 23.7. The summed E-state index contributed by atoms with van der Waals surface area (Å²) < 4.78 is 35.3. The van der Waals surface area contributed by atoms with Crippen molar-refractivity contribution in [2.75, 3.05) is 4.72 Å². The predicted molar refractivity (Wildman–Crippen MR) is 185 cm³/mol. The molecule has 244 valence electrons. The molecule has 6 aromatic rings. The van der Waals surface area contributed by atoms with E-state index in [0.717, 1.165) is 34.9 Å². The minimum Gasteiger partial charge on any atom is -0.344 e. The summed E-state index contributed by atoms with van der Waals surface area (Å²) in [6.45, 7) is 1.78. The molecule has 2 aliphatic rings. The van der Waals surface area contributed by atoms with Crippen LogP contribution in [0.3, 0.4) is 0 Å². The van der Waals surface area contributed by atoms with E-state index in [9.17, 15) is 18.0 Å². The smallest absolute Gasteiger partial charge is 0.300 e. The van der Waals surface area contributed by atoms with Gasteiger partial charge < -0.3 is 5.32 Å². The number of fused-ring (bicyclic) bond motifs is 1. The van der Waals surface area contributed by atoms with Crippen LogP contribution in [0.1, 0.15) is 64.1 Å². The third-order valence-corrected chi connectivity index (χ3v) is 9.55. The van der Waals surface area contributed by atoms with Crippen LogP contribution in [0, 0.1) is 11.8 Å². The molecule has 4 heterocycles. The first kappa shape index (κ1) is 30.3. The molecule has 1 atom stereocenters. The van der Waals surface area contributed by atoms with Gasteiger partial charge in [-0.25, -0.2) is 9.50 Å². The molecule has 0 radical (unpaired) electrons. The number of anilines is 1. The Bertz CT molecular complexity index is 2590. The molecule has 2 aliphatic carbocycles. The molecule has 0 saturated heterocycles. The van der Waals surface area contributed by atoms with E-state index >= 15 is 0 Å². The van der Waals surface area contributed by atoms with Gasteiger partial charge in [-0.1, -0.05) is 48.3 Å². The molecule has 49 heavy (non-hydrogen) atoms. The second-order valence-electron chi connectivity index (χ2n) is 12.0. The van der Waals surface area contributed by atoms with E-state index in [1.165, 1.54) is 10.7 Å². The topological polar surface area (TPSA) is 157 Å². The van der Waals surface area contributed by atoms with E-state index in [4.69, 9.17) is 0 Å². The van der Waals surface area contributed by atoms with Gasteiger partial charge in [0.15, 0.2) is 11.5 Å². The molecule has 0 spiro atoms. The van der Waals surface area contributed by atoms with Gasteiger partial charge in [0.2, 0.25) is 0 Å². The molecule has 8 rings (SSSR count). The number of hydrogen-bond acceptors (Lipinski definition) is 7. The summed E-state index contributed by atoms with van der Waals surface area (Å²) in [4.78, 5) is 33.1. The van der Waals surface area contributed by atoms with Crippen LogP contribution >= 0.6 is 0 Å². The number of para-hydroxylation sites is 1. The predicted octanol–water partition coefficient (Wildman–Crippen LogP) is 3.55. The highest BCUT2D eigenvalue weighted by Gasteiger charge is 2.32. The first-order valence-corrected chi connectivity index (χ1v) is 17.1. The Hall–Kier alpha value is -6.04. The quantitative estimate of drug-likeness (QED) is 0.209. The fraction of sp³-hybridized carbons (Fsp3) is 0.171. The molecule has 14 heteroatoms. The van der Waals surface area contributed by atoms with Crippen molar-refractivity contribution in [3.05, 3.63) is 117 Å². The molecule has 0 bridgehead atoms. The van der Waals surface area contributed by atoms with Crippen molar-refractivity contribution in [3.63, 3.8) is 0 Å². The number of amides is 1. The molecule has 13 nitrogen and oxygen atoms in total. The molecule has 3 N–H and O–H groups in total. The molecular formula is C35H29N9O4S. The van der Waals surface area contributed by atoms with Gasteiger partial charge in [-0.3, -0.25) is 23.6 Å². The highest BCUT2D eigenvalue weighted by atomic mass is 32.2. The Morgan fingerprint density at radius 1 is 1.04 bits per heavy atom. The number of carbonyl (C=O) groups is 1. The number of aromatic nitrogens is 6. The van der Waals surface area contributed by atoms with Crippen molar-refractivity contribution in [2.24, 2.45) is 7.05 Å². The lowest BCUT2D eigenvalue weighted by molar-refractivity contribution is 0.0941. The fourth-order valence-electron chi connectivity index (χ4n) is 6.15.